The Morgan fingerprint density at radius 3 is 2.60 bits per heavy atom. The number of aryl methyl sites for hydroxylation is 1. The molecule has 0 unspecified atom stereocenters. The molecule has 1 aliphatic rings. The number of hydrogen-bond donors (Lipinski definition) is 3. The molecule has 0 aliphatic heterocycles. The molecular formula is C25H30Cl2N6O2. The Morgan fingerprint density at radius 2 is 1.91 bits per heavy atom. The van der Waals surface area contributed by atoms with Crippen LogP contribution in [0.4, 0.5) is 16.2 Å². The van der Waals surface area contributed by atoms with Crippen molar-refractivity contribution in [1.29, 1.82) is 0 Å². The Morgan fingerprint density at radius 1 is 1.23 bits per heavy atom. The maximum absolute atomic E-state index is 12.2. The summed E-state index contributed by atoms with van der Waals surface area (Å²) in [5.74, 6) is 0.248. The summed E-state index contributed by atoms with van der Waals surface area (Å²) in [5.41, 5.74) is 9.75. The van der Waals surface area contributed by atoms with E-state index in [-0.39, 0.29) is 17.9 Å². The summed E-state index contributed by atoms with van der Waals surface area (Å²) in [4.78, 5) is 16.7. The van der Waals surface area contributed by atoms with Crippen molar-refractivity contribution in [3.05, 3.63) is 57.8 Å². The monoisotopic (exact) mass is 516 g/mol. The smallest absolute Gasteiger partial charge is 0.407 e. The number of para-hydroxylation sites is 1. The fourth-order valence-electron chi connectivity index (χ4n) is 4.23. The zero-order valence-corrected chi connectivity index (χ0v) is 21.7. The third-order valence-electron chi connectivity index (χ3n) is 5.72. The second-order valence-electron chi connectivity index (χ2n) is 9.85. The Balaban J connectivity index is 1.61. The average molecular weight is 517 g/mol. The van der Waals surface area contributed by atoms with Gasteiger partial charge in [0, 0.05) is 18.3 Å². The molecule has 10 heteroatoms. The highest BCUT2D eigenvalue weighted by Gasteiger charge is 2.29. The van der Waals surface area contributed by atoms with Gasteiger partial charge in [0.1, 0.15) is 17.1 Å². The van der Waals surface area contributed by atoms with Gasteiger partial charge in [-0.25, -0.2) is 14.3 Å². The Bertz CT molecular complexity index is 1260. The molecule has 0 radical (unpaired) electrons. The number of rotatable bonds is 5. The normalized spacial score (nSPS) is 18.6. The molecule has 1 fully saturated rings. The lowest BCUT2D eigenvalue weighted by Gasteiger charge is -2.22. The summed E-state index contributed by atoms with van der Waals surface area (Å²) in [5, 5.41) is 11.9. The van der Waals surface area contributed by atoms with Crippen molar-refractivity contribution in [2.75, 3.05) is 5.32 Å². The maximum Gasteiger partial charge on any atom is 0.407 e. The number of aromatic nitrogens is 2. The molecule has 2 heterocycles. The lowest BCUT2D eigenvalue weighted by Crippen LogP contribution is -2.38. The van der Waals surface area contributed by atoms with Gasteiger partial charge in [0.15, 0.2) is 0 Å². The van der Waals surface area contributed by atoms with Gasteiger partial charge in [-0.3, -0.25) is 0 Å². The number of benzene rings is 1. The number of nitrogens with two attached hydrogens (primary N) is 1. The molecule has 1 aromatic carbocycles. The van der Waals surface area contributed by atoms with Crippen LogP contribution in [0.3, 0.4) is 0 Å². The molecule has 3 aromatic rings. The third kappa shape index (κ3) is 6.00. The van der Waals surface area contributed by atoms with Crippen LogP contribution < -0.4 is 16.4 Å². The lowest BCUT2D eigenvalue weighted by molar-refractivity contribution is 0.0505. The summed E-state index contributed by atoms with van der Waals surface area (Å²) in [6, 6.07) is 7.36. The number of halogens is 2. The molecule has 1 aliphatic carbocycles. The number of amides is 1. The van der Waals surface area contributed by atoms with Gasteiger partial charge in [-0.1, -0.05) is 29.3 Å². The Hall–Kier alpha value is -2.97. The van der Waals surface area contributed by atoms with Crippen molar-refractivity contribution in [2.24, 2.45) is 10.7 Å². The van der Waals surface area contributed by atoms with E-state index in [1.54, 1.807) is 24.4 Å². The summed E-state index contributed by atoms with van der Waals surface area (Å²) in [6.45, 7) is 7.56. The standard InChI is InChI=1S/C25H30Cl2N6O2/c1-14-10-20-21(30-15-8-9-16(11-15)31-24(34)35-25(2,3)4)17(12-29-33(20)13-14)23(28)32-22-18(26)6-5-7-19(22)27/h5-7,10,12-13,15-16,30H,8-9,11H2,1-4H3,(H2,28,32)(H,31,34)/t15-,16+/m1/s1. The van der Waals surface area contributed by atoms with Gasteiger partial charge in [0.05, 0.1) is 33.0 Å². The first-order valence-electron chi connectivity index (χ1n) is 11.5. The Kier molecular flexibility index (Phi) is 7.15. The largest absolute Gasteiger partial charge is 0.444 e. The van der Waals surface area contributed by atoms with E-state index in [1.807, 2.05) is 44.5 Å². The van der Waals surface area contributed by atoms with Gasteiger partial charge < -0.3 is 21.1 Å². The van der Waals surface area contributed by atoms with E-state index in [9.17, 15) is 4.79 Å². The van der Waals surface area contributed by atoms with Gasteiger partial charge in [-0.05, 0) is 70.7 Å². The summed E-state index contributed by atoms with van der Waals surface area (Å²) in [6.07, 6.45) is 5.70. The predicted octanol–water partition coefficient (Wildman–Crippen LogP) is 5.84. The van der Waals surface area contributed by atoms with Crippen LogP contribution in [0, 0.1) is 6.92 Å². The molecule has 4 rings (SSSR count). The number of ether oxygens (including phenoxy) is 1. The van der Waals surface area contributed by atoms with Gasteiger partial charge in [0.2, 0.25) is 0 Å². The van der Waals surface area contributed by atoms with E-state index in [0.29, 0.717) is 21.3 Å². The van der Waals surface area contributed by atoms with E-state index >= 15 is 0 Å². The minimum Gasteiger partial charge on any atom is -0.444 e. The summed E-state index contributed by atoms with van der Waals surface area (Å²) >= 11 is 12.6. The van der Waals surface area contributed by atoms with Crippen molar-refractivity contribution in [3.63, 3.8) is 0 Å². The van der Waals surface area contributed by atoms with Crippen molar-refractivity contribution >= 4 is 52.0 Å². The molecule has 2 aromatic heterocycles. The van der Waals surface area contributed by atoms with E-state index < -0.39 is 11.7 Å². The van der Waals surface area contributed by atoms with Gasteiger partial charge in [-0.15, -0.1) is 0 Å². The predicted molar refractivity (Wildman–Crippen MR) is 141 cm³/mol. The molecule has 4 N–H and O–H groups in total. The van der Waals surface area contributed by atoms with Crippen LogP contribution >= 0.6 is 23.2 Å². The van der Waals surface area contributed by atoms with Crippen LogP contribution in [0.25, 0.3) is 5.52 Å². The summed E-state index contributed by atoms with van der Waals surface area (Å²) < 4.78 is 7.21. The minimum absolute atomic E-state index is 0.0186. The number of alkyl carbamates (subject to hydrolysis) is 1. The molecule has 0 bridgehead atoms. The van der Waals surface area contributed by atoms with Crippen LogP contribution in [0.2, 0.25) is 10.0 Å². The first-order valence-corrected chi connectivity index (χ1v) is 12.3. The molecule has 8 nitrogen and oxygen atoms in total. The number of anilines is 1. The van der Waals surface area contributed by atoms with Crippen LogP contribution in [0.1, 0.15) is 51.2 Å². The molecule has 35 heavy (non-hydrogen) atoms. The van der Waals surface area contributed by atoms with Crippen LogP contribution in [-0.4, -0.2) is 39.2 Å². The van der Waals surface area contributed by atoms with Crippen molar-refractivity contribution < 1.29 is 9.53 Å². The number of hydrogen-bond acceptors (Lipinski definition) is 5. The van der Waals surface area contributed by atoms with E-state index in [0.717, 1.165) is 36.0 Å². The number of carbonyl (C=O) groups is 1. The maximum atomic E-state index is 12.2. The molecular weight excluding hydrogens is 487 g/mol. The number of amidine groups is 1. The highest BCUT2D eigenvalue weighted by molar-refractivity contribution is 6.39. The molecule has 1 saturated carbocycles. The topological polar surface area (TPSA) is 106 Å². The van der Waals surface area contributed by atoms with E-state index in [4.69, 9.17) is 33.7 Å². The zero-order chi connectivity index (χ0) is 25.3. The number of aliphatic imine (C=N–C) groups is 1. The first kappa shape index (κ1) is 25.1. The number of nitrogens with one attached hydrogen (secondary N) is 2. The highest BCUT2D eigenvalue weighted by Crippen LogP contribution is 2.34. The SMILES string of the molecule is Cc1cc2c(N[C@@H]3CC[C@H](NC(=O)OC(C)(C)C)C3)c(C(N)=Nc3c(Cl)cccc3Cl)cnn2c1. The first-order chi connectivity index (χ1) is 16.5. The van der Waals surface area contributed by atoms with Crippen molar-refractivity contribution in [1.82, 2.24) is 14.9 Å². The minimum atomic E-state index is -0.536. The van der Waals surface area contributed by atoms with Crippen LogP contribution in [0.5, 0.6) is 0 Å². The van der Waals surface area contributed by atoms with Crippen LogP contribution in [0.15, 0.2) is 41.7 Å². The van der Waals surface area contributed by atoms with Crippen molar-refractivity contribution in [2.45, 2.75) is 64.6 Å². The number of carbonyl (C=O) groups excluding carboxylic acids is 1. The quantitative estimate of drug-likeness (QED) is 0.291. The highest BCUT2D eigenvalue weighted by atomic mass is 35.5. The van der Waals surface area contributed by atoms with Crippen LogP contribution in [-0.2, 0) is 4.74 Å². The molecule has 0 saturated heterocycles. The van der Waals surface area contributed by atoms with Crippen molar-refractivity contribution in [3.8, 4) is 0 Å². The van der Waals surface area contributed by atoms with Gasteiger partial charge >= 0.3 is 6.09 Å². The fraction of sp³-hybridized carbons (Fsp3) is 0.400. The second-order valence-corrected chi connectivity index (χ2v) is 10.7. The molecule has 186 valence electrons. The Labute approximate surface area is 214 Å². The van der Waals surface area contributed by atoms with Gasteiger partial charge in [-0.2, -0.15) is 5.10 Å². The molecule has 0 spiro atoms. The third-order valence-corrected chi connectivity index (χ3v) is 6.33. The zero-order valence-electron chi connectivity index (χ0n) is 20.2. The van der Waals surface area contributed by atoms with E-state index in [1.165, 1.54) is 0 Å². The average Bonchev–Trinajstić information content (AvgIpc) is 3.35. The lowest BCUT2D eigenvalue weighted by atomic mass is 10.1. The van der Waals surface area contributed by atoms with Gasteiger partial charge in [0.25, 0.3) is 0 Å². The summed E-state index contributed by atoms with van der Waals surface area (Å²) in [7, 11) is 0. The number of nitrogens with zero attached hydrogens (tertiary/aromatic N) is 3. The molecule has 1 amide bonds. The number of fused-ring (bicyclic) bond motifs is 1. The van der Waals surface area contributed by atoms with E-state index in [2.05, 4.69) is 20.7 Å². The fourth-order valence-corrected chi connectivity index (χ4v) is 4.71. The molecule has 2 atom stereocenters. The second kappa shape index (κ2) is 9.95.